The van der Waals surface area contributed by atoms with Gasteiger partial charge in [0, 0.05) is 5.92 Å². The van der Waals surface area contributed by atoms with Crippen LogP contribution in [0, 0.1) is 12.8 Å². The Morgan fingerprint density at radius 2 is 2.28 bits per heavy atom. The molecule has 1 aliphatic carbocycles. The number of rotatable bonds is 2. The van der Waals surface area contributed by atoms with Gasteiger partial charge in [0.25, 0.3) is 5.89 Å². The molecule has 2 unspecified atom stereocenters. The summed E-state index contributed by atoms with van der Waals surface area (Å²) < 4.78 is 5.36. The van der Waals surface area contributed by atoms with E-state index in [0.717, 1.165) is 34.3 Å². The molecule has 0 aromatic carbocycles. The van der Waals surface area contributed by atoms with Gasteiger partial charge in [-0.3, -0.25) is 0 Å². The van der Waals surface area contributed by atoms with E-state index in [1.54, 1.807) is 11.3 Å². The maximum absolute atomic E-state index is 6.00. The Morgan fingerprint density at radius 3 is 2.89 bits per heavy atom. The third-order valence-electron chi connectivity index (χ3n) is 3.72. The summed E-state index contributed by atoms with van der Waals surface area (Å²) in [5.41, 5.74) is 7.83. The molecule has 2 atom stereocenters. The van der Waals surface area contributed by atoms with E-state index < -0.39 is 0 Å². The highest BCUT2D eigenvalue weighted by molar-refractivity contribution is 7.14. The van der Waals surface area contributed by atoms with Gasteiger partial charge in [-0.25, -0.2) is 0 Å². The van der Waals surface area contributed by atoms with Crippen LogP contribution in [0.4, 0.5) is 5.69 Å². The van der Waals surface area contributed by atoms with Crippen molar-refractivity contribution in [1.29, 1.82) is 0 Å². The molecular weight excluding hydrogens is 246 g/mol. The average molecular weight is 263 g/mol. The van der Waals surface area contributed by atoms with Crippen LogP contribution in [0.15, 0.2) is 9.90 Å². The smallest absolute Gasteiger partial charge is 0.270 e. The van der Waals surface area contributed by atoms with Crippen LogP contribution in [0.1, 0.15) is 43.5 Å². The first-order chi connectivity index (χ1) is 8.65. The zero-order chi connectivity index (χ0) is 12.7. The highest BCUT2D eigenvalue weighted by Crippen LogP contribution is 2.39. The predicted molar refractivity (Wildman–Crippen MR) is 72.5 cm³/mol. The molecule has 0 saturated heterocycles. The van der Waals surface area contributed by atoms with Crippen LogP contribution in [0.25, 0.3) is 10.8 Å². The second-order valence-electron chi connectivity index (χ2n) is 5.23. The Bertz CT molecular complexity index is 560. The van der Waals surface area contributed by atoms with E-state index >= 15 is 0 Å². The first-order valence-electron chi connectivity index (χ1n) is 6.32. The second-order valence-corrected chi connectivity index (χ2v) is 6.11. The molecule has 2 aromatic heterocycles. The van der Waals surface area contributed by atoms with E-state index in [1.165, 1.54) is 12.8 Å². The Labute approximate surface area is 110 Å². The highest BCUT2D eigenvalue weighted by atomic mass is 32.1. The summed E-state index contributed by atoms with van der Waals surface area (Å²) in [5, 5.41) is 6.14. The summed E-state index contributed by atoms with van der Waals surface area (Å²) in [6.45, 7) is 4.27. The lowest BCUT2D eigenvalue weighted by atomic mass is 10.1. The van der Waals surface area contributed by atoms with E-state index in [1.807, 2.05) is 12.3 Å². The summed E-state index contributed by atoms with van der Waals surface area (Å²) >= 11 is 1.56. The van der Waals surface area contributed by atoms with Crippen LogP contribution in [0.5, 0.6) is 0 Å². The fourth-order valence-electron chi connectivity index (χ4n) is 2.55. The number of anilines is 1. The Hall–Kier alpha value is -1.36. The Morgan fingerprint density at radius 1 is 1.44 bits per heavy atom. The highest BCUT2D eigenvalue weighted by Gasteiger charge is 2.27. The third kappa shape index (κ3) is 1.92. The first-order valence-corrected chi connectivity index (χ1v) is 7.20. The van der Waals surface area contributed by atoms with Crippen molar-refractivity contribution in [3.05, 3.63) is 16.8 Å². The molecule has 0 bridgehead atoms. The number of nitrogens with zero attached hydrogens (tertiary/aromatic N) is 2. The minimum absolute atomic E-state index is 0.458. The van der Waals surface area contributed by atoms with Gasteiger partial charge in [0.2, 0.25) is 0 Å². The van der Waals surface area contributed by atoms with Gasteiger partial charge in [-0.05, 0) is 43.0 Å². The largest absolute Gasteiger partial charge is 0.397 e. The van der Waals surface area contributed by atoms with Crippen LogP contribution in [0.3, 0.4) is 0 Å². The lowest BCUT2D eigenvalue weighted by Crippen LogP contribution is -1.96. The number of hydrogen-bond donors (Lipinski definition) is 1. The van der Waals surface area contributed by atoms with Gasteiger partial charge in [0.1, 0.15) is 4.88 Å². The lowest BCUT2D eigenvalue weighted by Gasteiger charge is -2.01. The monoisotopic (exact) mass is 263 g/mol. The van der Waals surface area contributed by atoms with Gasteiger partial charge < -0.3 is 10.3 Å². The molecule has 1 saturated carbocycles. The standard InChI is InChI=1S/C13H17N3OS/c1-7-3-4-9(5-7)12-15-13(17-16-12)11-10(14)8(2)6-18-11/h6-7,9H,3-5,14H2,1-2H3. The molecule has 0 spiro atoms. The molecule has 2 aromatic rings. The van der Waals surface area contributed by atoms with Gasteiger partial charge in [0.05, 0.1) is 5.69 Å². The molecule has 2 N–H and O–H groups in total. The molecule has 0 radical (unpaired) electrons. The number of nitrogens with two attached hydrogens (primary N) is 1. The van der Waals surface area contributed by atoms with Crippen molar-refractivity contribution in [2.24, 2.45) is 5.92 Å². The molecule has 4 nitrogen and oxygen atoms in total. The molecule has 2 heterocycles. The van der Waals surface area contributed by atoms with Crippen molar-refractivity contribution in [3.63, 3.8) is 0 Å². The molecular formula is C13H17N3OS. The number of nitrogen functional groups attached to an aromatic ring is 1. The number of aromatic nitrogens is 2. The number of thiophene rings is 1. The van der Waals surface area contributed by atoms with Gasteiger partial charge in [-0.15, -0.1) is 11.3 Å². The van der Waals surface area contributed by atoms with Crippen molar-refractivity contribution >= 4 is 17.0 Å². The van der Waals surface area contributed by atoms with E-state index in [9.17, 15) is 0 Å². The topological polar surface area (TPSA) is 64.9 Å². The first kappa shape index (κ1) is 11.7. The molecule has 1 fully saturated rings. The maximum atomic E-state index is 6.00. The SMILES string of the molecule is Cc1csc(-c2nc(C3CCC(C)C3)no2)c1N. The van der Waals surface area contributed by atoms with E-state index in [-0.39, 0.29) is 0 Å². The summed E-state index contributed by atoms with van der Waals surface area (Å²) in [4.78, 5) is 5.42. The van der Waals surface area contributed by atoms with Gasteiger partial charge in [-0.1, -0.05) is 12.1 Å². The van der Waals surface area contributed by atoms with Crippen molar-refractivity contribution in [2.45, 2.75) is 39.0 Å². The van der Waals surface area contributed by atoms with Crippen LogP contribution >= 0.6 is 11.3 Å². The normalized spacial score (nSPS) is 23.7. The fraction of sp³-hybridized carbons (Fsp3) is 0.538. The molecule has 96 valence electrons. The minimum Gasteiger partial charge on any atom is -0.397 e. The zero-order valence-electron chi connectivity index (χ0n) is 10.6. The van der Waals surface area contributed by atoms with Crippen LogP contribution in [-0.4, -0.2) is 10.1 Å². The minimum atomic E-state index is 0.458. The van der Waals surface area contributed by atoms with Crippen LogP contribution < -0.4 is 5.73 Å². The van der Waals surface area contributed by atoms with Crippen LogP contribution in [-0.2, 0) is 0 Å². The molecule has 5 heteroatoms. The third-order valence-corrected chi connectivity index (χ3v) is 4.82. The maximum Gasteiger partial charge on any atom is 0.270 e. The van der Waals surface area contributed by atoms with Gasteiger partial charge in [-0.2, -0.15) is 4.98 Å². The zero-order valence-corrected chi connectivity index (χ0v) is 11.5. The Kier molecular flexibility index (Phi) is 2.86. The summed E-state index contributed by atoms with van der Waals surface area (Å²) in [7, 11) is 0. The molecule has 1 aliphatic rings. The van der Waals surface area contributed by atoms with E-state index in [4.69, 9.17) is 10.3 Å². The lowest BCUT2D eigenvalue weighted by molar-refractivity contribution is 0.415. The predicted octanol–water partition coefficient (Wildman–Crippen LogP) is 3.59. The van der Waals surface area contributed by atoms with E-state index in [0.29, 0.717) is 11.8 Å². The average Bonchev–Trinajstić information content (AvgIpc) is 3.02. The number of aryl methyl sites for hydroxylation is 1. The quantitative estimate of drug-likeness (QED) is 0.899. The van der Waals surface area contributed by atoms with Crippen molar-refractivity contribution in [1.82, 2.24) is 10.1 Å². The number of hydrogen-bond acceptors (Lipinski definition) is 5. The fourth-order valence-corrected chi connectivity index (χ4v) is 3.45. The summed E-state index contributed by atoms with van der Waals surface area (Å²) in [6.07, 6.45) is 3.59. The second kappa shape index (κ2) is 4.39. The van der Waals surface area contributed by atoms with Crippen molar-refractivity contribution in [2.75, 3.05) is 5.73 Å². The Balaban J connectivity index is 1.87. The van der Waals surface area contributed by atoms with Gasteiger partial charge in [0.15, 0.2) is 5.82 Å². The molecule has 0 aliphatic heterocycles. The van der Waals surface area contributed by atoms with Crippen molar-refractivity contribution in [3.8, 4) is 10.8 Å². The molecule has 18 heavy (non-hydrogen) atoms. The molecule has 0 amide bonds. The van der Waals surface area contributed by atoms with E-state index in [2.05, 4.69) is 17.1 Å². The van der Waals surface area contributed by atoms with Gasteiger partial charge >= 0.3 is 0 Å². The molecule has 3 rings (SSSR count). The summed E-state index contributed by atoms with van der Waals surface area (Å²) in [6, 6.07) is 0. The van der Waals surface area contributed by atoms with Crippen molar-refractivity contribution < 1.29 is 4.52 Å². The summed E-state index contributed by atoms with van der Waals surface area (Å²) in [5.74, 6) is 2.64. The van der Waals surface area contributed by atoms with Crippen LogP contribution in [0.2, 0.25) is 0 Å².